The monoisotopic (exact) mass is 332 g/mol. The number of hydrogen-bond acceptors (Lipinski definition) is 7. The molecule has 4 N–H and O–H groups in total. The van der Waals surface area contributed by atoms with Crippen molar-refractivity contribution in [3.63, 3.8) is 0 Å². The van der Waals surface area contributed by atoms with Gasteiger partial charge < -0.3 is 29.9 Å². The van der Waals surface area contributed by atoms with Gasteiger partial charge >= 0.3 is 5.97 Å². The third-order valence-electron chi connectivity index (χ3n) is 4.14. The Hall–Kier alpha value is -2.93. The highest BCUT2D eigenvalue weighted by Gasteiger charge is 2.33. The van der Waals surface area contributed by atoms with Gasteiger partial charge in [-0.15, -0.1) is 0 Å². The fourth-order valence-electron chi connectivity index (χ4n) is 2.73. The molecule has 0 bridgehead atoms. The van der Waals surface area contributed by atoms with E-state index in [1.165, 1.54) is 19.9 Å². The summed E-state index contributed by atoms with van der Waals surface area (Å²) in [6, 6.07) is 1.33. The molecule has 3 rings (SSSR count). The zero-order valence-corrected chi connectivity index (χ0v) is 13.3. The summed E-state index contributed by atoms with van der Waals surface area (Å²) in [4.78, 5) is 12.5. The van der Waals surface area contributed by atoms with Crippen LogP contribution in [-0.4, -0.2) is 26.4 Å². The van der Waals surface area contributed by atoms with Crippen LogP contribution in [-0.2, 0) is 6.61 Å². The van der Waals surface area contributed by atoms with E-state index in [1.54, 1.807) is 6.92 Å². The molecule has 7 nitrogen and oxygen atoms in total. The summed E-state index contributed by atoms with van der Waals surface area (Å²) < 4.78 is 11.1. The fraction of sp³-hybridized carbons (Fsp3) is 0.235. The van der Waals surface area contributed by atoms with Crippen LogP contribution in [0.2, 0.25) is 0 Å². The van der Waals surface area contributed by atoms with Crippen LogP contribution in [0.3, 0.4) is 0 Å². The minimum absolute atomic E-state index is 0.0215. The number of carbonyl (C=O) groups is 1. The number of aliphatic hydroxyl groups is 1. The SMILES string of the molecule is Cc1cc(O)c(CO)c2c1C(=O)Oc1c(C)c(O)c(O)c(C)c1O2. The second-order valence-electron chi connectivity index (χ2n) is 5.65. The first-order chi connectivity index (χ1) is 11.3. The molecule has 0 saturated heterocycles. The van der Waals surface area contributed by atoms with E-state index in [9.17, 15) is 25.2 Å². The predicted molar refractivity (Wildman–Crippen MR) is 83.0 cm³/mol. The van der Waals surface area contributed by atoms with Gasteiger partial charge in [0.05, 0.1) is 12.2 Å². The van der Waals surface area contributed by atoms with Crippen LogP contribution < -0.4 is 9.47 Å². The molecule has 1 heterocycles. The summed E-state index contributed by atoms with van der Waals surface area (Å²) in [5.74, 6) is -1.79. The number of aliphatic hydroxyl groups excluding tert-OH is 1. The van der Waals surface area contributed by atoms with Gasteiger partial charge in [0.1, 0.15) is 11.3 Å². The van der Waals surface area contributed by atoms with Crippen molar-refractivity contribution in [1.82, 2.24) is 0 Å². The van der Waals surface area contributed by atoms with Crippen molar-refractivity contribution in [2.24, 2.45) is 0 Å². The normalized spacial score (nSPS) is 12.8. The predicted octanol–water partition coefficient (Wildman–Crippen LogP) is 2.55. The zero-order chi connectivity index (χ0) is 17.8. The van der Waals surface area contributed by atoms with E-state index >= 15 is 0 Å². The number of rotatable bonds is 1. The van der Waals surface area contributed by atoms with E-state index < -0.39 is 24.1 Å². The minimum Gasteiger partial charge on any atom is -0.507 e. The number of phenols is 3. The summed E-state index contributed by atoms with van der Waals surface area (Å²) in [6.07, 6.45) is 0. The second-order valence-corrected chi connectivity index (χ2v) is 5.65. The Labute approximate surface area is 137 Å². The lowest BCUT2D eigenvalue weighted by Gasteiger charge is -2.16. The fourth-order valence-corrected chi connectivity index (χ4v) is 2.73. The van der Waals surface area contributed by atoms with Gasteiger partial charge in [-0.2, -0.15) is 0 Å². The standard InChI is InChI=1S/C17H16O7/c1-6-4-10(19)9(5-18)16-11(6)17(22)24-15-8(3)13(21)12(20)7(2)14(15)23-16/h4,18-21H,5H2,1-3H3. The first-order valence-corrected chi connectivity index (χ1v) is 7.19. The zero-order valence-electron chi connectivity index (χ0n) is 13.3. The lowest BCUT2D eigenvalue weighted by molar-refractivity contribution is 0.0735. The van der Waals surface area contributed by atoms with Crippen LogP contribution in [0, 0.1) is 20.8 Å². The van der Waals surface area contributed by atoms with Gasteiger partial charge in [0, 0.05) is 11.1 Å². The van der Waals surface area contributed by atoms with Gasteiger partial charge in [-0.3, -0.25) is 0 Å². The smallest absolute Gasteiger partial charge is 0.347 e. The summed E-state index contributed by atoms with van der Waals surface area (Å²) >= 11 is 0. The van der Waals surface area contributed by atoms with Gasteiger partial charge in [0.15, 0.2) is 28.7 Å². The van der Waals surface area contributed by atoms with E-state index in [0.717, 1.165) is 0 Å². The molecule has 0 fully saturated rings. The Balaban J connectivity index is 2.38. The largest absolute Gasteiger partial charge is 0.507 e. The second kappa shape index (κ2) is 5.31. The lowest BCUT2D eigenvalue weighted by atomic mass is 10.0. The van der Waals surface area contributed by atoms with Crippen molar-refractivity contribution in [2.45, 2.75) is 27.4 Å². The minimum atomic E-state index is -0.747. The molecule has 7 heteroatoms. The van der Waals surface area contributed by atoms with E-state index in [2.05, 4.69) is 0 Å². The third-order valence-corrected chi connectivity index (χ3v) is 4.14. The van der Waals surface area contributed by atoms with Crippen molar-refractivity contribution >= 4 is 5.97 Å². The summed E-state index contributed by atoms with van der Waals surface area (Å²) in [5, 5.41) is 39.5. The van der Waals surface area contributed by atoms with Crippen LogP contribution in [0.1, 0.15) is 32.6 Å². The highest BCUT2D eigenvalue weighted by Crippen LogP contribution is 2.51. The molecule has 126 valence electrons. The number of phenolic OH excluding ortho intramolecular Hbond substituents is 2. The third kappa shape index (κ3) is 2.05. The van der Waals surface area contributed by atoms with Crippen LogP contribution in [0.15, 0.2) is 6.07 Å². The maximum Gasteiger partial charge on any atom is 0.347 e. The maximum absolute atomic E-state index is 12.5. The number of benzene rings is 2. The molecule has 24 heavy (non-hydrogen) atoms. The number of esters is 1. The highest BCUT2D eigenvalue weighted by molar-refractivity contribution is 5.98. The Morgan fingerprint density at radius 2 is 1.46 bits per heavy atom. The van der Waals surface area contributed by atoms with Crippen molar-refractivity contribution in [2.75, 3.05) is 0 Å². The highest BCUT2D eigenvalue weighted by atomic mass is 16.6. The molecule has 0 aromatic heterocycles. The van der Waals surface area contributed by atoms with Crippen LogP contribution in [0.25, 0.3) is 0 Å². The number of hydrogen-bond donors (Lipinski definition) is 4. The number of carbonyl (C=O) groups excluding carboxylic acids is 1. The first-order valence-electron chi connectivity index (χ1n) is 7.19. The first kappa shape index (κ1) is 15.9. The molecular weight excluding hydrogens is 316 g/mol. The van der Waals surface area contributed by atoms with Crippen LogP contribution >= 0.6 is 0 Å². The molecule has 0 unspecified atom stereocenters. The lowest BCUT2D eigenvalue weighted by Crippen LogP contribution is -2.11. The molecule has 0 radical (unpaired) electrons. The molecule has 0 spiro atoms. The average Bonchev–Trinajstić information content (AvgIpc) is 2.68. The Kier molecular flexibility index (Phi) is 3.53. The van der Waals surface area contributed by atoms with Gasteiger partial charge in [-0.25, -0.2) is 4.79 Å². The molecule has 2 aromatic carbocycles. The van der Waals surface area contributed by atoms with Crippen molar-refractivity contribution in [3.05, 3.63) is 33.9 Å². The Bertz CT molecular complexity index is 884. The molecule has 0 atom stereocenters. The average molecular weight is 332 g/mol. The maximum atomic E-state index is 12.5. The molecule has 0 saturated carbocycles. The topological polar surface area (TPSA) is 116 Å². The molecule has 2 aromatic rings. The molecule has 1 aliphatic rings. The molecule has 1 aliphatic heterocycles. The van der Waals surface area contributed by atoms with Crippen LogP contribution in [0.5, 0.6) is 34.5 Å². The van der Waals surface area contributed by atoms with Crippen molar-refractivity contribution in [1.29, 1.82) is 0 Å². The van der Waals surface area contributed by atoms with Gasteiger partial charge in [0.25, 0.3) is 0 Å². The summed E-state index contributed by atoms with van der Waals surface area (Å²) in [5.41, 5.74) is 0.803. The number of aryl methyl sites for hydroxylation is 1. The van der Waals surface area contributed by atoms with E-state index in [4.69, 9.17) is 9.47 Å². The van der Waals surface area contributed by atoms with E-state index in [0.29, 0.717) is 5.56 Å². The summed E-state index contributed by atoms with van der Waals surface area (Å²) in [7, 11) is 0. The van der Waals surface area contributed by atoms with Gasteiger partial charge in [-0.05, 0) is 32.4 Å². The Morgan fingerprint density at radius 1 is 0.917 bits per heavy atom. The number of fused-ring (bicyclic) bond motifs is 2. The quantitative estimate of drug-likeness (QED) is 0.360. The van der Waals surface area contributed by atoms with E-state index in [1.807, 2.05) is 0 Å². The number of aromatic hydroxyl groups is 3. The number of ether oxygens (including phenoxy) is 2. The van der Waals surface area contributed by atoms with Gasteiger partial charge in [-0.1, -0.05) is 0 Å². The van der Waals surface area contributed by atoms with Gasteiger partial charge in [0.2, 0.25) is 0 Å². The Morgan fingerprint density at radius 3 is 2.00 bits per heavy atom. The van der Waals surface area contributed by atoms with Crippen LogP contribution in [0.4, 0.5) is 0 Å². The van der Waals surface area contributed by atoms with Crippen molar-refractivity contribution in [3.8, 4) is 34.5 Å². The molecule has 0 aliphatic carbocycles. The van der Waals surface area contributed by atoms with Crippen molar-refractivity contribution < 1.29 is 34.7 Å². The molecular formula is C17H16O7. The molecule has 0 amide bonds. The van der Waals surface area contributed by atoms with E-state index in [-0.39, 0.29) is 45.3 Å². The summed E-state index contributed by atoms with van der Waals surface area (Å²) in [6.45, 7) is 3.99.